The van der Waals surface area contributed by atoms with Gasteiger partial charge in [-0.15, -0.1) is 11.3 Å². The van der Waals surface area contributed by atoms with Crippen molar-refractivity contribution in [3.05, 3.63) is 40.6 Å². The molecule has 14 heavy (non-hydrogen) atoms. The summed E-state index contributed by atoms with van der Waals surface area (Å²) in [5, 5.41) is 12.0. The minimum Gasteiger partial charge on any atom is -0.381 e. The molecule has 2 aromatic rings. The van der Waals surface area contributed by atoms with Crippen LogP contribution in [-0.4, -0.2) is 14.7 Å². The fourth-order valence-corrected chi connectivity index (χ4v) is 2.14. The molecule has 0 aliphatic heterocycles. The van der Waals surface area contributed by atoms with Gasteiger partial charge in [0.2, 0.25) is 0 Å². The van der Waals surface area contributed by atoms with Gasteiger partial charge in [0, 0.05) is 11.4 Å². The number of hydrogen-bond donors (Lipinski definition) is 1. The minimum atomic E-state index is -0.544. The highest BCUT2D eigenvalue weighted by Crippen LogP contribution is 2.25. The van der Waals surface area contributed by atoms with Crippen molar-refractivity contribution >= 4 is 11.3 Å². The van der Waals surface area contributed by atoms with Gasteiger partial charge in [-0.1, -0.05) is 6.07 Å². The smallest absolute Gasteiger partial charge is 0.130 e. The lowest BCUT2D eigenvalue weighted by atomic mass is 10.2. The summed E-state index contributed by atoms with van der Waals surface area (Å²) in [4.78, 5) is 4.99. The quantitative estimate of drug-likeness (QED) is 0.838. The first kappa shape index (κ1) is 9.43. The average molecular weight is 208 g/mol. The molecule has 1 atom stereocenters. The summed E-state index contributed by atoms with van der Waals surface area (Å²) in [6.07, 6.45) is 2.91. The molecule has 0 bridgehead atoms. The van der Waals surface area contributed by atoms with Crippen molar-refractivity contribution in [1.82, 2.24) is 9.55 Å². The van der Waals surface area contributed by atoms with Gasteiger partial charge in [-0.05, 0) is 18.4 Å². The Labute approximate surface area is 86.7 Å². The summed E-state index contributed by atoms with van der Waals surface area (Å²) in [6.45, 7) is 2.87. The maximum absolute atomic E-state index is 10.0. The van der Waals surface area contributed by atoms with Gasteiger partial charge in [-0.3, -0.25) is 0 Å². The summed E-state index contributed by atoms with van der Waals surface area (Å²) in [7, 11) is 0. The molecule has 2 rings (SSSR count). The van der Waals surface area contributed by atoms with E-state index in [4.69, 9.17) is 0 Å². The molecule has 1 N–H and O–H groups in total. The molecule has 0 fully saturated rings. The van der Waals surface area contributed by atoms with Gasteiger partial charge < -0.3 is 9.67 Å². The van der Waals surface area contributed by atoms with Gasteiger partial charge in [-0.25, -0.2) is 4.98 Å². The zero-order valence-corrected chi connectivity index (χ0v) is 8.74. The Bertz CT molecular complexity index is 394. The Morgan fingerprint density at radius 3 is 3.14 bits per heavy atom. The van der Waals surface area contributed by atoms with E-state index in [0.717, 1.165) is 17.1 Å². The van der Waals surface area contributed by atoms with Crippen LogP contribution in [0.4, 0.5) is 0 Å². The van der Waals surface area contributed by atoms with Crippen LogP contribution in [0.3, 0.4) is 0 Å². The molecule has 2 aromatic heterocycles. The molecular weight excluding hydrogens is 196 g/mol. The second-order valence-corrected chi connectivity index (χ2v) is 4.00. The van der Waals surface area contributed by atoms with Crippen molar-refractivity contribution in [3.63, 3.8) is 0 Å². The topological polar surface area (TPSA) is 38.0 Å². The van der Waals surface area contributed by atoms with Gasteiger partial charge in [0.25, 0.3) is 0 Å². The Hall–Kier alpha value is -1.13. The second-order valence-electron chi connectivity index (χ2n) is 3.02. The van der Waals surface area contributed by atoms with Crippen LogP contribution in [0, 0.1) is 0 Å². The van der Waals surface area contributed by atoms with E-state index in [0.29, 0.717) is 0 Å². The van der Waals surface area contributed by atoms with Gasteiger partial charge in [0.1, 0.15) is 6.10 Å². The Kier molecular flexibility index (Phi) is 2.65. The predicted octanol–water partition coefficient (Wildman–Crippen LogP) is 2.05. The van der Waals surface area contributed by atoms with E-state index in [-0.39, 0.29) is 0 Å². The molecule has 0 amide bonds. The Balaban J connectivity index is 2.31. The molecular formula is C10H12N2OS. The van der Waals surface area contributed by atoms with Crippen LogP contribution in [0.5, 0.6) is 0 Å². The summed E-state index contributed by atoms with van der Waals surface area (Å²) in [5.41, 5.74) is 0.856. The highest BCUT2D eigenvalue weighted by atomic mass is 32.1. The van der Waals surface area contributed by atoms with Crippen LogP contribution in [0.25, 0.3) is 0 Å². The first-order chi connectivity index (χ1) is 6.83. The van der Waals surface area contributed by atoms with E-state index in [9.17, 15) is 5.11 Å². The molecule has 0 radical (unpaired) electrons. The molecule has 74 valence electrons. The normalized spacial score (nSPS) is 13.0. The molecule has 0 aromatic carbocycles. The highest BCUT2D eigenvalue weighted by molar-refractivity contribution is 7.10. The molecule has 0 saturated carbocycles. The van der Waals surface area contributed by atoms with Gasteiger partial charge in [0.15, 0.2) is 0 Å². The monoisotopic (exact) mass is 208 g/mol. The van der Waals surface area contributed by atoms with Crippen LogP contribution in [-0.2, 0) is 6.54 Å². The van der Waals surface area contributed by atoms with Crippen molar-refractivity contribution in [2.45, 2.75) is 19.6 Å². The molecule has 0 spiro atoms. The van der Waals surface area contributed by atoms with E-state index in [1.165, 1.54) is 0 Å². The van der Waals surface area contributed by atoms with E-state index >= 15 is 0 Å². The fraction of sp³-hybridized carbons (Fsp3) is 0.300. The largest absolute Gasteiger partial charge is 0.381 e. The lowest BCUT2D eigenvalue weighted by Gasteiger charge is -2.10. The van der Waals surface area contributed by atoms with Crippen molar-refractivity contribution in [3.8, 4) is 0 Å². The molecule has 1 unspecified atom stereocenters. The van der Waals surface area contributed by atoms with Crippen LogP contribution in [0.15, 0.2) is 30.0 Å². The van der Waals surface area contributed by atoms with E-state index < -0.39 is 6.10 Å². The van der Waals surface area contributed by atoms with Gasteiger partial charge >= 0.3 is 0 Å². The molecule has 0 saturated heterocycles. The third-order valence-corrected chi connectivity index (χ3v) is 3.10. The summed E-state index contributed by atoms with van der Waals surface area (Å²) in [5.74, 6) is 0. The summed E-state index contributed by atoms with van der Waals surface area (Å²) < 4.78 is 1.95. The predicted molar refractivity (Wildman–Crippen MR) is 56.3 cm³/mol. The number of rotatable bonds is 3. The highest BCUT2D eigenvalue weighted by Gasteiger charge is 2.14. The molecule has 0 aliphatic rings. The number of aliphatic hydroxyl groups excluding tert-OH is 1. The van der Waals surface area contributed by atoms with E-state index in [1.807, 2.05) is 29.0 Å². The summed E-state index contributed by atoms with van der Waals surface area (Å²) in [6, 6.07) is 3.87. The van der Waals surface area contributed by atoms with Crippen molar-refractivity contribution in [2.75, 3.05) is 0 Å². The van der Waals surface area contributed by atoms with Crippen molar-refractivity contribution in [2.24, 2.45) is 0 Å². The fourth-order valence-electron chi connectivity index (χ4n) is 1.42. The molecule has 4 heteroatoms. The number of hydrogen-bond acceptors (Lipinski definition) is 3. The van der Waals surface area contributed by atoms with Crippen LogP contribution in [0.1, 0.15) is 23.6 Å². The van der Waals surface area contributed by atoms with Crippen LogP contribution in [0.2, 0.25) is 0 Å². The number of aliphatic hydroxyl groups is 1. The standard InChI is InChI=1S/C10H12N2OS/c1-2-12-7-11-6-8(12)10(13)9-4-3-5-14-9/h3-7,10,13H,2H2,1H3. The molecule has 0 aliphatic carbocycles. The first-order valence-electron chi connectivity index (χ1n) is 4.54. The van der Waals surface area contributed by atoms with Crippen LogP contribution >= 0.6 is 11.3 Å². The third kappa shape index (κ3) is 1.58. The Morgan fingerprint density at radius 2 is 2.50 bits per heavy atom. The molecule has 2 heterocycles. The zero-order valence-electron chi connectivity index (χ0n) is 7.92. The van der Waals surface area contributed by atoms with E-state index in [1.54, 1.807) is 23.9 Å². The minimum absolute atomic E-state index is 0.544. The van der Waals surface area contributed by atoms with Gasteiger partial charge in [0.05, 0.1) is 18.2 Å². The second kappa shape index (κ2) is 3.94. The number of thiophene rings is 1. The average Bonchev–Trinajstić information content (AvgIpc) is 2.87. The number of aromatic nitrogens is 2. The SMILES string of the molecule is CCn1cncc1C(O)c1cccs1. The number of imidazole rings is 1. The maximum Gasteiger partial charge on any atom is 0.130 e. The lowest BCUT2D eigenvalue weighted by Crippen LogP contribution is -2.05. The Morgan fingerprint density at radius 1 is 1.64 bits per heavy atom. The zero-order chi connectivity index (χ0) is 9.97. The number of nitrogens with zero attached hydrogens (tertiary/aromatic N) is 2. The maximum atomic E-state index is 10.0. The van der Waals surface area contributed by atoms with Gasteiger partial charge in [-0.2, -0.15) is 0 Å². The molecule has 3 nitrogen and oxygen atoms in total. The van der Waals surface area contributed by atoms with E-state index in [2.05, 4.69) is 4.98 Å². The summed E-state index contributed by atoms with van der Waals surface area (Å²) >= 11 is 1.56. The van der Waals surface area contributed by atoms with Crippen molar-refractivity contribution < 1.29 is 5.11 Å². The third-order valence-electron chi connectivity index (χ3n) is 2.18. The van der Waals surface area contributed by atoms with Crippen LogP contribution < -0.4 is 0 Å². The lowest BCUT2D eigenvalue weighted by molar-refractivity contribution is 0.214. The number of aryl methyl sites for hydroxylation is 1. The first-order valence-corrected chi connectivity index (χ1v) is 5.42. The van der Waals surface area contributed by atoms with Crippen molar-refractivity contribution in [1.29, 1.82) is 0 Å².